The highest BCUT2D eigenvalue weighted by Gasteiger charge is 2.13. The molecule has 4 heteroatoms. The van der Waals surface area contributed by atoms with Gasteiger partial charge >= 0.3 is 0 Å². The minimum Gasteiger partial charge on any atom is -0.467 e. The van der Waals surface area contributed by atoms with Crippen LogP contribution < -0.4 is 10.6 Å². The molecule has 0 aliphatic carbocycles. The van der Waals surface area contributed by atoms with Crippen LogP contribution in [0.1, 0.15) is 62.8 Å². The van der Waals surface area contributed by atoms with Crippen LogP contribution in [0.5, 0.6) is 0 Å². The van der Waals surface area contributed by atoms with Gasteiger partial charge in [-0.3, -0.25) is 4.79 Å². The van der Waals surface area contributed by atoms with Gasteiger partial charge in [-0.1, -0.05) is 45.9 Å². The Kier molecular flexibility index (Phi) is 6.47. The molecule has 1 aromatic heterocycles. The SMILES string of the molecule is CC(C)c1cccc(C(C)C)c1NCCC(=O)NCc1ccco1. The molecule has 0 radical (unpaired) electrons. The van der Waals surface area contributed by atoms with Gasteiger partial charge < -0.3 is 15.1 Å². The third-order valence-electron chi connectivity index (χ3n) is 4.07. The van der Waals surface area contributed by atoms with Gasteiger partial charge in [0, 0.05) is 18.7 Å². The summed E-state index contributed by atoms with van der Waals surface area (Å²) in [6.07, 6.45) is 2.05. The quantitative estimate of drug-likeness (QED) is 0.742. The van der Waals surface area contributed by atoms with Crippen LogP contribution in [0.2, 0.25) is 0 Å². The molecular formula is C20H28N2O2. The number of furan rings is 1. The smallest absolute Gasteiger partial charge is 0.222 e. The number of nitrogens with one attached hydrogen (secondary N) is 2. The van der Waals surface area contributed by atoms with E-state index in [0.29, 0.717) is 31.3 Å². The zero-order valence-corrected chi connectivity index (χ0v) is 15.1. The molecule has 0 spiro atoms. The molecule has 0 saturated carbocycles. The second kappa shape index (κ2) is 8.57. The van der Waals surface area contributed by atoms with E-state index in [4.69, 9.17) is 4.42 Å². The van der Waals surface area contributed by atoms with Crippen molar-refractivity contribution >= 4 is 11.6 Å². The van der Waals surface area contributed by atoms with Gasteiger partial charge in [0.05, 0.1) is 12.8 Å². The van der Waals surface area contributed by atoms with E-state index >= 15 is 0 Å². The van der Waals surface area contributed by atoms with E-state index < -0.39 is 0 Å². The van der Waals surface area contributed by atoms with E-state index in [1.54, 1.807) is 6.26 Å². The lowest BCUT2D eigenvalue weighted by atomic mass is 9.92. The molecule has 0 aliphatic heterocycles. The highest BCUT2D eigenvalue weighted by molar-refractivity contribution is 5.76. The van der Waals surface area contributed by atoms with E-state index in [1.165, 1.54) is 16.8 Å². The fourth-order valence-electron chi connectivity index (χ4n) is 2.74. The molecule has 1 amide bonds. The van der Waals surface area contributed by atoms with Gasteiger partial charge in [-0.2, -0.15) is 0 Å². The standard InChI is InChI=1S/C20H28N2O2/c1-14(2)17-8-5-9-18(15(3)4)20(17)21-11-10-19(23)22-13-16-7-6-12-24-16/h5-9,12,14-15,21H,10-11,13H2,1-4H3,(H,22,23). The monoisotopic (exact) mass is 328 g/mol. The Morgan fingerprint density at radius 3 is 2.25 bits per heavy atom. The molecule has 1 aromatic carbocycles. The van der Waals surface area contributed by atoms with Crippen LogP contribution in [0.4, 0.5) is 5.69 Å². The highest BCUT2D eigenvalue weighted by atomic mass is 16.3. The number of hydrogen-bond acceptors (Lipinski definition) is 3. The molecule has 0 unspecified atom stereocenters. The van der Waals surface area contributed by atoms with Crippen LogP contribution in [0, 0.1) is 0 Å². The van der Waals surface area contributed by atoms with E-state index in [0.717, 1.165) is 5.76 Å². The summed E-state index contributed by atoms with van der Waals surface area (Å²) in [4.78, 5) is 12.0. The molecule has 2 aromatic rings. The summed E-state index contributed by atoms with van der Waals surface area (Å²) >= 11 is 0. The second-order valence-electron chi connectivity index (χ2n) is 6.65. The van der Waals surface area contributed by atoms with Crippen molar-refractivity contribution in [2.75, 3.05) is 11.9 Å². The van der Waals surface area contributed by atoms with Crippen molar-refractivity contribution in [1.82, 2.24) is 5.32 Å². The van der Waals surface area contributed by atoms with Crippen LogP contribution in [-0.2, 0) is 11.3 Å². The normalized spacial score (nSPS) is 11.1. The molecule has 0 atom stereocenters. The van der Waals surface area contributed by atoms with Crippen LogP contribution in [0.25, 0.3) is 0 Å². The third kappa shape index (κ3) is 4.88. The number of anilines is 1. The van der Waals surface area contributed by atoms with Crippen LogP contribution >= 0.6 is 0 Å². The van der Waals surface area contributed by atoms with Crippen molar-refractivity contribution in [3.8, 4) is 0 Å². The van der Waals surface area contributed by atoms with Gasteiger partial charge in [0.25, 0.3) is 0 Å². The van der Waals surface area contributed by atoms with E-state index in [-0.39, 0.29) is 5.91 Å². The number of rotatable bonds is 8. The van der Waals surface area contributed by atoms with Crippen molar-refractivity contribution in [1.29, 1.82) is 0 Å². The van der Waals surface area contributed by atoms with Crippen molar-refractivity contribution < 1.29 is 9.21 Å². The Morgan fingerprint density at radius 2 is 1.71 bits per heavy atom. The van der Waals surface area contributed by atoms with Crippen LogP contribution in [-0.4, -0.2) is 12.5 Å². The van der Waals surface area contributed by atoms with Crippen molar-refractivity contribution in [3.63, 3.8) is 0 Å². The number of para-hydroxylation sites is 1. The Bertz CT molecular complexity index is 619. The Hall–Kier alpha value is -2.23. The fourth-order valence-corrected chi connectivity index (χ4v) is 2.74. The Labute approximate surface area is 144 Å². The molecule has 0 fully saturated rings. The maximum absolute atomic E-state index is 12.0. The van der Waals surface area contributed by atoms with Gasteiger partial charge in [0.1, 0.15) is 5.76 Å². The largest absolute Gasteiger partial charge is 0.467 e. The van der Waals surface area contributed by atoms with Crippen LogP contribution in [0.3, 0.4) is 0 Å². The molecule has 0 bridgehead atoms. The third-order valence-corrected chi connectivity index (χ3v) is 4.07. The Morgan fingerprint density at radius 1 is 1.04 bits per heavy atom. The minimum absolute atomic E-state index is 0.0204. The first-order valence-corrected chi connectivity index (χ1v) is 8.64. The summed E-state index contributed by atoms with van der Waals surface area (Å²) in [7, 11) is 0. The molecular weight excluding hydrogens is 300 g/mol. The fraction of sp³-hybridized carbons (Fsp3) is 0.450. The first-order chi connectivity index (χ1) is 11.5. The number of carbonyl (C=O) groups excluding carboxylic acids is 1. The molecule has 24 heavy (non-hydrogen) atoms. The summed E-state index contributed by atoms with van der Waals surface area (Å²) < 4.78 is 5.21. The number of hydrogen-bond donors (Lipinski definition) is 2. The summed E-state index contributed by atoms with van der Waals surface area (Å²) in [5, 5.41) is 6.36. The van der Waals surface area contributed by atoms with Gasteiger partial charge in [-0.15, -0.1) is 0 Å². The molecule has 2 N–H and O–H groups in total. The topological polar surface area (TPSA) is 54.3 Å². The van der Waals surface area contributed by atoms with Gasteiger partial charge in [-0.25, -0.2) is 0 Å². The lowest BCUT2D eigenvalue weighted by Gasteiger charge is -2.20. The van der Waals surface area contributed by atoms with E-state index in [1.807, 2.05) is 12.1 Å². The minimum atomic E-state index is 0.0204. The van der Waals surface area contributed by atoms with E-state index in [2.05, 4.69) is 56.5 Å². The zero-order chi connectivity index (χ0) is 17.5. The van der Waals surface area contributed by atoms with Crippen molar-refractivity contribution in [2.24, 2.45) is 0 Å². The average molecular weight is 328 g/mol. The first kappa shape index (κ1) is 18.1. The predicted molar refractivity (Wildman–Crippen MR) is 98.3 cm³/mol. The molecule has 0 saturated heterocycles. The van der Waals surface area contributed by atoms with Crippen molar-refractivity contribution in [3.05, 3.63) is 53.5 Å². The lowest BCUT2D eigenvalue weighted by molar-refractivity contribution is -0.121. The molecule has 4 nitrogen and oxygen atoms in total. The number of amides is 1. The number of benzene rings is 1. The van der Waals surface area contributed by atoms with Gasteiger partial charge in [0.2, 0.25) is 5.91 Å². The maximum Gasteiger partial charge on any atom is 0.222 e. The second-order valence-corrected chi connectivity index (χ2v) is 6.65. The predicted octanol–water partition coefficient (Wildman–Crippen LogP) is 4.64. The summed E-state index contributed by atoms with van der Waals surface area (Å²) in [6, 6.07) is 10.1. The van der Waals surface area contributed by atoms with E-state index in [9.17, 15) is 4.79 Å². The van der Waals surface area contributed by atoms with Crippen molar-refractivity contribution in [2.45, 2.75) is 52.5 Å². The first-order valence-electron chi connectivity index (χ1n) is 8.64. The highest BCUT2D eigenvalue weighted by Crippen LogP contribution is 2.32. The molecule has 2 rings (SSSR count). The maximum atomic E-state index is 12.0. The van der Waals surface area contributed by atoms with Gasteiger partial charge in [-0.05, 0) is 35.1 Å². The molecule has 130 valence electrons. The summed E-state index contributed by atoms with van der Waals surface area (Å²) in [6.45, 7) is 9.84. The average Bonchev–Trinajstić information content (AvgIpc) is 3.06. The summed E-state index contributed by atoms with van der Waals surface area (Å²) in [5.41, 5.74) is 3.79. The molecule has 1 heterocycles. The van der Waals surface area contributed by atoms with Crippen LogP contribution in [0.15, 0.2) is 41.0 Å². The van der Waals surface area contributed by atoms with Gasteiger partial charge in [0.15, 0.2) is 0 Å². The Balaban J connectivity index is 1.92. The molecule has 0 aliphatic rings. The summed E-state index contributed by atoms with van der Waals surface area (Å²) in [5.74, 6) is 1.67. The zero-order valence-electron chi connectivity index (χ0n) is 15.1. The lowest BCUT2D eigenvalue weighted by Crippen LogP contribution is -2.25. The number of carbonyl (C=O) groups is 1.